The Labute approximate surface area is 82.8 Å². The molecule has 2 amide bonds. The van der Waals surface area contributed by atoms with Crippen LogP contribution in [0.4, 0.5) is 0 Å². The number of hydrogen-bond acceptors (Lipinski definition) is 2. The summed E-state index contributed by atoms with van der Waals surface area (Å²) in [4.78, 5) is 27.2. The highest BCUT2D eigenvalue weighted by Crippen LogP contribution is 2.32. The van der Waals surface area contributed by atoms with Gasteiger partial charge in [0.25, 0.3) is 0 Å². The predicted molar refractivity (Wildman–Crippen MR) is 49.5 cm³/mol. The summed E-state index contributed by atoms with van der Waals surface area (Å²) in [6.45, 7) is 1.12. The Hall–Kier alpha value is -1.06. The van der Waals surface area contributed by atoms with Crippen LogP contribution in [0.5, 0.6) is 0 Å². The van der Waals surface area contributed by atoms with Gasteiger partial charge in [-0.05, 0) is 25.7 Å². The van der Waals surface area contributed by atoms with Gasteiger partial charge in [0.05, 0.1) is 0 Å². The minimum Gasteiger partial charge on any atom is -0.329 e. The van der Waals surface area contributed by atoms with E-state index in [1.807, 2.05) is 0 Å². The molecule has 76 valence electrons. The molecule has 1 saturated carbocycles. The van der Waals surface area contributed by atoms with Crippen molar-refractivity contribution in [3.8, 4) is 0 Å². The van der Waals surface area contributed by atoms with E-state index in [9.17, 15) is 9.59 Å². The second kappa shape index (κ2) is 2.72. The first-order valence-electron chi connectivity index (χ1n) is 5.37. The Kier molecular flexibility index (Phi) is 1.60. The molecule has 3 aliphatic rings. The summed E-state index contributed by atoms with van der Waals surface area (Å²) in [6, 6.07) is 0.269. The van der Waals surface area contributed by atoms with Crippen molar-refractivity contribution in [3.05, 3.63) is 0 Å². The summed E-state index contributed by atoms with van der Waals surface area (Å²) in [7, 11) is 0. The number of piperazine rings is 1. The average Bonchev–Trinajstić information content (AvgIpc) is 2.88. The summed E-state index contributed by atoms with van der Waals surface area (Å²) in [5, 5.41) is 0. The van der Waals surface area contributed by atoms with Gasteiger partial charge in [0.15, 0.2) is 0 Å². The molecule has 0 N–H and O–H groups in total. The first kappa shape index (κ1) is 8.26. The third kappa shape index (κ3) is 1.06. The number of nitrogens with zero attached hydrogens (tertiary/aromatic N) is 2. The zero-order chi connectivity index (χ0) is 9.71. The summed E-state index contributed by atoms with van der Waals surface area (Å²) in [6.07, 6.45) is 4.03. The van der Waals surface area contributed by atoms with E-state index in [-0.39, 0.29) is 17.9 Å². The fraction of sp³-hybridized carbons (Fsp3) is 0.800. The summed E-state index contributed by atoms with van der Waals surface area (Å²) in [5.41, 5.74) is 0. The summed E-state index contributed by atoms with van der Waals surface area (Å²) >= 11 is 0. The maximum atomic E-state index is 12.0. The number of fused-ring (bicyclic) bond motifs is 1. The molecular weight excluding hydrogens is 180 g/mol. The molecular formula is C10H14N2O2. The highest BCUT2D eigenvalue weighted by atomic mass is 16.2. The average molecular weight is 194 g/mol. The molecule has 0 aromatic heterocycles. The lowest BCUT2D eigenvalue weighted by Crippen LogP contribution is -2.57. The highest BCUT2D eigenvalue weighted by Gasteiger charge is 2.46. The third-order valence-electron chi connectivity index (χ3n) is 3.43. The Morgan fingerprint density at radius 1 is 1.07 bits per heavy atom. The van der Waals surface area contributed by atoms with Crippen LogP contribution >= 0.6 is 0 Å². The monoisotopic (exact) mass is 194 g/mol. The fourth-order valence-corrected chi connectivity index (χ4v) is 2.52. The van der Waals surface area contributed by atoms with E-state index >= 15 is 0 Å². The van der Waals surface area contributed by atoms with Gasteiger partial charge in [-0.25, -0.2) is 0 Å². The second-order valence-electron chi connectivity index (χ2n) is 4.44. The molecule has 1 unspecified atom stereocenters. The van der Waals surface area contributed by atoms with E-state index in [1.54, 1.807) is 9.80 Å². The molecule has 2 saturated heterocycles. The van der Waals surface area contributed by atoms with Crippen molar-refractivity contribution in [1.29, 1.82) is 0 Å². The minimum atomic E-state index is -0.114. The molecule has 3 fully saturated rings. The molecule has 2 heterocycles. The molecule has 3 rings (SSSR count). The summed E-state index contributed by atoms with van der Waals surface area (Å²) in [5.74, 6) is 0.351. The third-order valence-corrected chi connectivity index (χ3v) is 3.43. The van der Waals surface area contributed by atoms with Crippen LogP contribution in [-0.2, 0) is 9.59 Å². The van der Waals surface area contributed by atoms with Crippen LogP contribution in [0.15, 0.2) is 0 Å². The number of hydrogen-bond donors (Lipinski definition) is 0. The lowest BCUT2D eigenvalue weighted by atomic mass is 10.1. The largest absolute Gasteiger partial charge is 0.329 e. The molecule has 4 nitrogen and oxygen atoms in total. The van der Waals surface area contributed by atoms with E-state index in [0.717, 1.165) is 32.2 Å². The zero-order valence-electron chi connectivity index (χ0n) is 8.11. The quantitative estimate of drug-likeness (QED) is 0.588. The molecule has 0 spiro atoms. The van der Waals surface area contributed by atoms with Gasteiger partial charge >= 0.3 is 0 Å². The van der Waals surface area contributed by atoms with Gasteiger partial charge in [-0.15, -0.1) is 0 Å². The van der Waals surface area contributed by atoms with Crippen LogP contribution in [0.1, 0.15) is 25.7 Å². The van der Waals surface area contributed by atoms with E-state index in [0.29, 0.717) is 12.6 Å². The number of amides is 2. The van der Waals surface area contributed by atoms with Crippen molar-refractivity contribution >= 4 is 11.8 Å². The SMILES string of the molecule is O=C1C2CCCN2C(=O)CN1C1CC1. The maximum absolute atomic E-state index is 12.0. The van der Waals surface area contributed by atoms with Crippen molar-refractivity contribution in [1.82, 2.24) is 9.80 Å². The Morgan fingerprint density at radius 3 is 2.57 bits per heavy atom. The van der Waals surface area contributed by atoms with Crippen molar-refractivity contribution in [2.24, 2.45) is 0 Å². The van der Waals surface area contributed by atoms with Gasteiger partial charge in [-0.1, -0.05) is 0 Å². The van der Waals surface area contributed by atoms with Gasteiger partial charge in [-0.2, -0.15) is 0 Å². The highest BCUT2D eigenvalue weighted by molar-refractivity contribution is 5.95. The molecule has 2 aliphatic heterocycles. The molecule has 1 atom stereocenters. The van der Waals surface area contributed by atoms with Gasteiger partial charge in [0.2, 0.25) is 11.8 Å². The minimum absolute atomic E-state index is 0.114. The van der Waals surface area contributed by atoms with Gasteiger partial charge in [0, 0.05) is 12.6 Å². The summed E-state index contributed by atoms with van der Waals surface area (Å²) < 4.78 is 0. The predicted octanol–water partition coefficient (Wildman–Crippen LogP) is -0.0180. The molecule has 0 aromatic rings. The second-order valence-corrected chi connectivity index (χ2v) is 4.44. The van der Waals surface area contributed by atoms with Crippen LogP contribution in [-0.4, -0.2) is 46.8 Å². The van der Waals surface area contributed by atoms with Crippen LogP contribution in [0.2, 0.25) is 0 Å². The van der Waals surface area contributed by atoms with Crippen LogP contribution < -0.4 is 0 Å². The zero-order valence-corrected chi connectivity index (χ0v) is 8.11. The molecule has 1 aliphatic carbocycles. The molecule has 4 heteroatoms. The number of carbonyl (C=O) groups is 2. The molecule has 14 heavy (non-hydrogen) atoms. The molecule has 0 aromatic carbocycles. The van der Waals surface area contributed by atoms with Crippen LogP contribution in [0, 0.1) is 0 Å². The van der Waals surface area contributed by atoms with Gasteiger partial charge in [0.1, 0.15) is 12.6 Å². The Morgan fingerprint density at radius 2 is 1.86 bits per heavy atom. The van der Waals surface area contributed by atoms with E-state index in [1.165, 1.54) is 0 Å². The van der Waals surface area contributed by atoms with Gasteiger partial charge < -0.3 is 9.80 Å². The fourth-order valence-electron chi connectivity index (χ4n) is 2.52. The van der Waals surface area contributed by atoms with Crippen molar-refractivity contribution in [3.63, 3.8) is 0 Å². The lowest BCUT2D eigenvalue weighted by Gasteiger charge is -2.36. The first-order valence-corrected chi connectivity index (χ1v) is 5.37. The molecule has 0 bridgehead atoms. The smallest absolute Gasteiger partial charge is 0.246 e. The Balaban J connectivity index is 1.85. The van der Waals surface area contributed by atoms with Crippen molar-refractivity contribution in [2.75, 3.05) is 13.1 Å². The van der Waals surface area contributed by atoms with E-state index in [4.69, 9.17) is 0 Å². The van der Waals surface area contributed by atoms with Gasteiger partial charge in [-0.3, -0.25) is 9.59 Å². The topological polar surface area (TPSA) is 40.6 Å². The Bertz CT molecular complexity index is 294. The maximum Gasteiger partial charge on any atom is 0.246 e. The van der Waals surface area contributed by atoms with Crippen molar-refractivity contribution < 1.29 is 9.59 Å². The standard InChI is InChI=1S/C10H14N2O2/c13-9-6-12(7-3-4-7)10(14)8-2-1-5-11(8)9/h7-8H,1-6H2. The molecule has 0 radical (unpaired) electrons. The number of rotatable bonds is 1. The van der Waals surface area contributed by atoms with Crippen LogP contribution in [0.25, 0.3) is 0 Å². The normalized spacial score (nSPS) is 32.4. The van der Waals surface area contributed by atoms with Crippen LogP contribution in [0.3, 0.4) is 0 Å². The number of carbonyl (C=O) groups excluding carboxylic acids is 2. The first-order chi connectivity index (χ1) is 6.77. The van der Waals surface area contributed by atoms with E-state index < -0.39 is 0 Å². The van der Waals surface area contributed by atoms with Crippen molar-refractivity contribution in [2.45, 2.75) is 37.8 Å². The van der Waals surface area contributed by atoms with E-state index in [2.05, 4.69) is 0 Å². The lowest BCUT2D eigenvalue weighted by molar-refractivity contribution is -0.154.